The van der Waals surface area contributed by atoms with Crippen LogP contribution in [0.3, 0.4) is 0 Å². The molecule has 4 nitrogen and oxygen atoms in total. The maximum absolute atomic E-state index is 11.1. The normalized spacial score (nSPS) is 19.3. The van der Waals surface area contributed by atoms with Gasteiger partial charge in [-0.2, -0.15) is 0 Å². The third-order valence-corrected chi connectivity index (χ3v) is 4.49. The third kappa shape index (κ3) is 4.58. The molecule has 0 aromatic carbocycles. The Hall–Kier alpha value is -0.710. The van der Waals surface area contributed by atoms with Crippen LogP contribution in [0.4, 0.5) is 0 Å². The van der Waals surface area contributed by atoms with E-state index in [1.165, 1.54) is 12.8 Å². The molecule has 1 aliphatic heterocycles. The lowest BCUT2D eigenvalue weighted by Gasteiger charge is -2.18. The van der Waals surface area contributed by atoms with Gasteiger partial charge in [0.25, 0.3) is 0 Å². The molecule has 0 bridgehead atoms. The Balaban J connectivity index is 2.23. The van der Waals surface area contributed by atoms with Crippen molar-refractivity contribution in [2.45, 2.75) is 38.4 Å². The molecule has 5 heteroatoms. The molecule has 17 heavy (non-hydrogen) atoms. The van der Waals surface area contributed by atoms with Gasteiger partial charge < -0.3 is 10.6 Å². The van der Waals surface area contributed by atoms with Gasteiger partial charge in [-0.25, -0.2) is 0 Å². The molecule has 98 valence electrons. The summed E-state index contributed by atoms with van der Waals surface area (Å²) in [4.78, 5) is 15.5. The second-order valence-electron chi connectivity index (χ2n) is 4.23. The van der Waals surface area contributed by atoms with Gasteiger partial charge in [0, 0.05) is 25.3 Å². The van der Waals surface area contributed by atoms with Crippen molar-refractivity contribution in [3.05, 3.63) is 0 Å². The molecule has 1 aliphatic rings. The standard InChI is InChI=1S/C12H23N3OS/c1-4-9(5-2)10-8-15-12(17-10)14-7-6-11(16)13-3/h9-10H,4-8H2,1-3H3,(H,13,16)(H,14,15). The highest BCUT2D eigenvalue weighted by Gasteiger charge is 2.25. The summed E-state index contributed by atoms with van der Waals surface area (Å²) in [7, 11) is 1.66. The quantitative estimate of drug-likeness (QED) is 0.760. The molecule has 0 aromatic heterocycles. The topological polar surface area (TPSA) is 53.5 Å². The van der Waals surface area contributed by atoms with E-state index in [1.807, 2.05) is 11.8 Å². The van der Waals surface area contributed by atoms with Crippen molar-refractivity contribution in [1.82, 2.24) is 10.6 Å². The first-order chi connectivity index (χ1) is 8.21. The lowest BCUT2D eigenvalue weighted by Crippen LogP contribution is -2.27. The number of amides is 1. The van der Waals surface area contributed by atoms with Gasteiger partial charge in [-0.15, -0.1) is 0 Å². The largest absolute Gasteiger partial charge is 0.364 e. The van der Waals surface area contributed by atoms with Crippen molar-refractivity contribution in [3.63, 3.8) is 0 Å². The van der Waals surface area contributed by atoms with E-state index in [4.69, 9.17) is 0 Å². The first-order valence-corrected chi connectivity index (χ1v) is 7.24. The Morgan fingerprint density at radius 3 is 2.82 bits per heavy atom. The first kappa shape index (κ1) is 14.4. The number of hydrogen-bond donors (Lipinski definition) is 2. The summed E-state index contributed by atoms with van der Waals surface area (Å²) in [6.07, 6.45) is 2.94. The summed E-state index contributed by atoms with van der Waals surface area (Å²) in [6, 6.07) is 0. The molecule has 0 radical (unpaired) electrons. The zero-order valence-corrected chi connectivity index (χ0v) is 11.8. The minimum absolute atomic E-state index is 0.0673. The highest BCUT2D eigenvalue weighted by molar-refractivity contribution is 8.14. The molecule has 1 unspecified atom stereocenters. The van der Waals surface area contributed by atoms with Gasteiger partial charge in [0.15, 0.2) is 5.17 Å². The molecule has 0 saturated heterocycles. The van der Waals surface area contributed by atoms with Crippen LogP contribution in [-0.4, -0.2) is 36.5 Å². The van der Waals surface area contributed by atoms with Gasteiger partial charge in [0.2, 0.25) is 5.91 Å². The van der Waals surface area contributed by atoms with Crippen LogP contribution in [0.15, 0.2) is 4.99 Å². The first-order valence-electron chi connectivity index (χ1n) is 6.36. The summed E-state index contributed by atoms with van der Waals surface area (Å²) >= 11 is 1.83. The number of carbonyl (C=O) groups excluding carboxylic acids is 1. The average Bonchev–Trinajstić information content (AvgIpc) is 2.79. The van der Waals surface area contributed by atoms with Crippen molar-refractivity contribution in [2.75, 3.05) is 20.1 Å². The van der Waals surface area contributed by atoms with Gasteiger partial charge in [0.05, 0.1) is 6.54 Å². The molecule has 0 saturated carbocycles. The van der Waals surface area contributed by atoms with Crippen LogP contribution in [0.2, 0.25) is 0 Å². The van der Waals surface area contributed by atoms with Crippen LogP contribution in [-0.2, 0) is 4.79 Å². The third-order valence-electron chi connectivity index (χ3n) is 3.16. The maximum Gasteiger partial charge on any atom is 0.221 e. The Kier molecular flexibility index (Phi) is 6.40. The van der Waals surface area contributed by atoms with Gasteiger partial charge in [-0.05, 0) is 5.92 Å². The fraction of sp³-hybridized carbons (Fsp3) is 0.833. The minimum atomic E-state index is 0.0673. The van der Waals surface area contributed by atoms with Gasteiger partial charge >= 0.3 is 0 Å². The molecular formula is C12H23N3OS. The molecule has 1 atom stereocenters. The highest BCUT2D eigenvalue weighted by Crippen LogP contribution is 2.30. The second-order valence-corrected chi connectivity index (χ2v) is 5.46. The van der Waals surface area contributed by atoms with E-state index < -0.39 is 0 Å². The molecule has 1 amide bonds. The number of aliphatic imine (C=N–C) groups is 1. The highest BCUT2D eigenvalue weighted by atomic mass is 32.2. The lowest BCUT2D eigenvalue weighted by atomic mass is 9.99. The number of thioether (sulfide) groups is 1. The predicted octanol–water partition coefficient (Wildman–Crippen LogP) is 1.62. The Morgan fingerprint density at radius 1 is 1.53 bits per heavy atom. The van der Waals surface area contributed by atoms with Crippen molar-refractivity contribution >= 4 is 22.8 Å². The van der Waals surface area contributed by atoms with E-state index in [1.54, 1.807) is 7.05 Å². The van der Waals surface area contributed by atoms with E-state index in [0.29, 0.717) is 18.2 Å². The van der Waals surface area contributed by atoms with Crippen LogP contribution in [0.25, 0.3) is 0 Å². The summed E-state index contributed by atoms with van der Waals surface area (Å²) in [5, 5.41) is 7.47. The monoisotopic (exact) mass is 257 g/mol. The van der Waals surface area contributed by atoms with Crippen molar-refractivity contribution in [2.24, 2.45) is 10.9 Å². The number of carbonyl (C=O) groups is 1. The number of nitrogens with zero attached hydrogens (tertiary/aromatic N) is 1. The van der Waals surface area contributed by atoms with E-state index in [9.17, 15) is 4.79 Å². The van der Waals surface area contributed by atoms with Crippen molar-refractivity contribution in [1.29, 1.82) is 0 Å². The van der Waals surface area contributed by atoms with Crippen LogP contribution in [0.1, 0.15) is 33.1 Å². The van der Waals surface area contributed by atoms with Crippen LogP contribution in [0, 0.1) is 5.92 Å². The fourth-order valence-corrected chi connectivity index (χ4v) is 3.30. The van der Waals surface area contributed by atoms with E-state index in [0.717, 1.165) is 17.6 Å². The summed E-state index contributed by atoms with van der Waals surface area (Å²) in [6.45, 7) is 6.07. The zero-order valence-electron chi connectivity index (χ0n) is 11.0. The molecule has 1 heterocycles. The predicted molar refractivity (Wildman–Crippen MR) is 74.4 cm³/mol. The molecule has 0 aliphatic carbocycles. The van der Waals surface area contributed by atoms with Gasteiger partial charge in [0.1, 0.15) is 0 Å². The SMILES string of the molecule is CCC(CC)C1CN=C(NCCC(=O)NC)S1. The second kappa shape index (κ2) is 7.58. The average molecular weight is 257 g/mol. The number of rotatable bonds is 6. The Bertz CT molecular complexity index is 277. The summed E-state index contributed by atoms with van der Waals surface area (Å²) < 4.78 is 0. The molecular weight excluding hydrogens is 234 g/mol. The van der Waals surface area contributed by atoms with Crippen molar-refractivity contribution < 1.29 is 4.79 Å². The van der Waals surface area contributed by atoms with Crippen LogP contribution in [0.5, 0.6) is 0 Å². The van der Waals surface area contributed by atoms with Gasteiger partial charge in [-0.3, -0.25) is 9.79 Å². The van der Waals surface area contributed by atoms with Crippen LogP contribution < -0.4 is 10.6 Å². The molecule has 0 fully saturated rings. The van der Waals surface area contributed by atoms with Gasteiger partial charge in [-0.1, -0.05) is 38.5 Å². The van der Waals surface area contributed by atoms with Crippen LogP contribution >= 0.6 is 11.8 Å². The molecule has 1 rings (SSSR count). The lowest BCUT2D eigenvalue weighted by molar-refractivity contribution is -0.120. The Morgan fingerprint density at radius 2 is 2.24 bits per heavy atom. The number of amidine groups is 1. The smallest absolute Gasteiger partial charge is 0.221 e. The minimum Gasteiger partial charge on any atom is -0.364 e. The molecule has 2 N–H and O–H groups in total. The van der Waals surface area contributed by atoms with Crippen molar-refractivity contribution in [3.8, 4) is 0 Å². The van der Waals surface area contributed by atoms with E-state index in [-0.39, 0.29) is 5.91 Å². The fourth-order valence-electron chi connectivity index (χ4n) is 1.96. The zero-order chi connectivity index (χ0) is 12.7. The molecule has 0 aromatic rings. The number of hydrogen-bond acceptors (Lipinski definition) is 4. The summed E-state index contributed by atoms with van der Waals surface area (Å²) in [5.74, 6) is 0.819. The Labute approximate surface area is 108 Å². The number of nitrogens with one attached hydrogen (secondary N) is 2. The molecule has 0 spiro atoms. The van der Waals surface area contributed by atoms with E-state index >= 15 is 0 Å². The van der Waals surface area contributed by atoms with E-state index in [2.05, 4.69) is 29.5 Å². The maximum atomic E-state index is 11.1. The summed E-state index contributed by atoms with van der Waals surface area (Å²) in [5.41, 5.74) is 0.